The highest BCUT2D eigenvalue weighted by Crippen LogP contribution is 2.41. The van der Waals surface area contributed by atoms with Crippen LogP contribution in [0.2, 0.25) is 0 Å². The Morgan fingerprint density at radius 3 is 2.07 bits per heavy atom. The maximum atomic E-state index is 13.7. The molecule has 0 saturated carbocycles. The molecule has 0 aromatic heterocycles. The summed E-state index contributed by atoms with van der Waals surface area (Å²) in [5.74, 6) is -3.25. The monoisotopic (exact) mass is 588 g/mol. The van der Waals surface area contributed by atoms with E-state index < -0.39 is 82.8 Å². The van der Waals surface area contributed by atoms with E-state index in [1.54, 1.807) is 48.5 Å². The number of ether oxygens (including phenoxy) is 4. The SMILES string of the molecule is CC[C@H]1OC(=O)[C@H](C)[C@@H](O[C@H]2C[C@@](C)(OC)[C@@H](O)[C@H](C)O2)[C@H](C)[C@@H](C)[C@](C)(O)C[C@@H](C)C(=O)CC(O)(CC)[C@]1(C)O. The van der Waals surface area contributed by atoms with E-state index in [2.05, 4.69) is 0 Å². The zero-order valence-corrected chi connectivity index (χ0v) is 27.0. The average Bonchev–Trinajstić information content (AvgIpc) is 2.90. The van der Waals surface area contributed by atoms with E-state index in [1.165, 1.54) is 14.0 Å². The van der Waals surface area contributed by atoms with Gasteiger partial charge in [-0.3, -0.25) is 9.59 Å². The van der Waals surface area contributed by atoms with Gasteiger partial charge in [-0.2, -0.15) is 0 Å². The van der Waals surface area contributed by atoms with Gasteiger partial charge in [0.2, 0.25) is 0 Å². The molecule has 2 aliphatic heterocycles. The first kappa shape index (κ1) is 36.1. The second-order valence-corrected chi connectivity index (χ2v) is 13.4. The third kappa shape index (κ3) is 7.33. The fourth-order valence-electron chi connectivity index (χ4n) is 6.64. The van der Waals surface area contributed by atoms with Crippen LogP contribution in [0.5, 0.6) is 0 Å². The number of hydrogen-bond donors (Lipinski definition) is 4. The van der Waals surface area contributed by atoms with Crippen molar-refractivity contribution in [2.24, 2.45) is 23.7 Å². The molecule has 2 heterocycles. The second-order valence-electron chi connectivity index (χ2n) is 13.4. The second kappa shape index (κ2) is 13.2. The van der Waals surface area contributed by atoms with Crippen LogP contribution in [0.1, 0.15) is 101 Å². The van der Waals surface area contributed by atoms with Crippen LogP contribution in [0.3, 0.4) is 0 Å². The van der Waals surface area contributed by atoms with Crippen LogP contribution < -0.4 is 0 Å². The van der Waals surface area contributed by atoms with Gasteiger partial charge in [-0.05, 0) is 65.7 Å². The number of ketones is 1. The summed E-state index contributed by atoms with van der Waals surface area (Å²) in [4.78, 5) is 27.0. The molecule has 13 atom stereocenters. The van der Waals surface area contributed by atoms with Crippen molar-refractivity contribution in [3.8, 4) is 0 Å². The van der Waals surface area contributed by atoms with E-state index in [0.717, 1.165) is 0 Å². The van der Waals surface area contributed by atoms with Crippen LogP contribution >= 0.6 is 0 Å². The Morgan fingerprint density at radius 2 is 1.56 bits per heavy atom. The van der Waals surface area contributed by atoms with Crippen molar-refractivity contribution in [2.75, 3.05) is 7.11 Å². The third-order valence-corrected chi connectivity index (χ3v) is 10.5. The van der Waals surface area contributed by atoms with Crippen LogP contribution in [-0.2, 0) is 28.5 Å². The molecule has 0 amide bonds. The molecule has 10 heteroatoms. The van der Waals surface area contributed by atoms with E-state index in [4.69, 9.17) is 18.9 Å². The Balaban J connectivity index is 2.58. The van der Waals surface area contributed by atoms with E-state index in [1.807, 2.05) is 13.8 Å². The molecule has 0 bridgehead atoms. The molecule has 0 aromatic rings. The lowest BCUT2D eigenvalue weighted by atomic mass is 9.69. The lowest BCUT2D eigenvalue weighted by Gasteiger charge is -2.48. The lowest BCUT2D eigenvalue weighted by molar-refractivity contribution is -0.298. The number of carbonyl (C=O) groups excluding carboxylic acids is 2. The first-order valence-corrected chi connectivity index (χ1v) is 15.2. The maximum Gasteiger partial charge on any atom is 0.311 e. The van der Waals surface area contributed by atoms with Gasteiger partial charge < -0.3 is 39.4 Å². The Bertz CT molecular complexity index is 905. The zero-order valence-electron chi connectivity index (χ0n) is 27.0. The highest BCUT2D eigenvalue weighted by atomic mass is 16.7. The van der Waals surface area contributed by atoms with Gasteiger partial charge in [-0.25, -0.2) is 0 Å². The third-order valence-electron chi connectivity index (χ3n) is 10.5. The number of Topliss-reactive ketones (excluding diaryl/α,β-unsaturated/α-hetero) is 1. The summed E-state index contributed by atoms with van der Waals surface area (Å²) < 4.78 is 24.0. The number of carbonyl (C=O) groups is 2. The minimum absolute atomic E-state index is 0.0545. The molecule has 2 aliphatic rings. The molecule has 0 radical (unpaired) electrons. The highest BCUT2D eigenvalue weighted by Gasteiger charge is 2.54. The summed E-state index contributed by atoms with van der Waals surface area (Å²) in [6, 6.07) is 0. The fraction of sp³-hybridized carbons (Fsp3) is 0.935. The summed E-state index contributed by atoms with van der Waals surface area (Å²) in [5.41, 5.74) is -6.06. The summed E-state index contributed by atoms with van der Waals surface area (Å²) in [5, 5.41) is 45.5. The Hall–Kier alpha value is -1.14. The summed E-state index contributed by atoms with van der Waals surface area (Å²) >= 11 is 0. The Morgan fingerprint density at radius 1 is 0.976 bits per heavy atom. The van der Waals surface area contributed by atoms with Gasteiger partial charge in [0, 0.05) is 25.9 Å². The van der Waals surface area contributed by atoms with Crippen LogP contribution in [0.4, 0.5) is 0 Å². The Labute approximate surface area is 246 Å². The van der Waals surface area contributed by atoms with Gasteiger partial charge in [0.25, 0.3) is 0 Å². The molecule has 2 fully saturated rings. The van der Waals surface area contributed by atoms with Gasteiger partial charge in [0.1, 0.15) is 29.2 Å². The standard InChI is InChI=1S/C31H56O10/c1-12-23-30(10,36)31(37,13-2)15-22(32)17(3)14-28(8,35)20(6)18(4)25(19(5)27(34)40-23)41-24-16-29(9,38-11)26(33)21(7)39-24/h17-21,23-26,33,35-37H,12-16H2,1-11H3/t17-,18-,19-,20-,21+,23-,24+,25+,26+,28-,29-,30-,31?/m1/s1. The van der Waals surface area contributed by atoms with Crippen molar-refractivity contribution in [3.63, 3.8) is 0 Å². The molecule has 41 heavy (non-hydrogen) atoms. The Kier molecular flexibility index (Phi) is 11.6. The predicted molar refractivity (Wildman–Crippen MR) is 153 cm³/mol. The van der Waals surface area contributed by atoms with E-state index >= 15 is 0 Å². The van der Waals surface area contributed by atoms with Crippen molar-refractivity contribution < 1.29 is 49.0 Å². The van der Waals surface area contributed by atoms with Gasteiger partial charge in [0.05, 0.1) is 29.3 Å². The van der Waals surface area contributed by atoms with E-state index in [9.17, 15) is 30.0 Å². The lowest BCUT2D eigenvalue weighted by Crippen LogP contribution is -2.61. The number of esters is 1. The molecule has 240 valence electrons. The average molecular weight is 589 g/mol. The number of cyclic esters (lactones) is 1. The molecule has 2 rings (SSSR count). The maximum absolute atomic E-state index is 13.7. The van der Waals surface area contributed by atoms with E-state index in [0.29, 0.717) is 0 Å². The summed E-state index contributed by atoms with van der Waals surface area (Å²) in [7, 11) is 1.51. The van der Waals surface area contributed by atoms with Crippen molar-refractivity contribution in [1.82, 2.24) is 0 Å². The summed E-state index contributed by atoms with van der Waals surface area (Å²) in [6.45, 7) is 17.1. The fourth-order valence-corrected chi connectivity index (χ4v) is 6.64. The first-order valence-electron chi connectivity index (χ1n) is 15.2. The molecule has 0 aromatic carbocycles. The van der Waals surface area contributed by atoms with Gasteiger partial charge >= 0.3 is 5.97 Å². The molecular weight excluding hydrogens is 532 g/mol. The van der Waals surface area contributed by atoms with Crippen LogP contribution in [-0.4, -0.2) is 92.4 Å². The number of methoxy groups -OCH3 is 1. The van der Waals surface area contributed by atoms with Crippen molar-refractivity contribution in [1.29, 1.82) is 0 Å². The number of rotatable bonds is 5. The predicted octanol–water partition coefficient (Wildman–Crippen LogP) is 3.14. The highest BCUT2D eigenvalue weighted by molar-refractivity contribution is 5.82. The summed E-state index contributed by atoms with van der Waals surface area (Å²) in [6.07, 6.45) is -3.98. The van der Waals surface area contributed by atoms with Crippen molar-refractivity contribution >= 4 is 11.8 Å². The molecule has 2 saturated heterocycles. The van der Waals surface area contributed by atoms with Crippen LogP contribution in [0.25, 0.3) is 0 Å². The largest absolute Gasteiger partial charge is 0.459 e. The topological polar surface area (TPSA) is 152 Å². The number of aliphatic hydroxyl groups excluding tert-OH is 1. The molecule has 0 spiro atoms. The van der Waals surface area contributed by atoms with Crippen LogP contribution in [0, 0.1) is 23.7 Å². The minimum atomic E-state index is -1.93. The van der Waals surface area contributed by atoms with Gasteiger partial charge in [-0.1, -0.05) is 34.6 Å². The van der Waals surface area contributed by atoms with Gasteiger partial charge in [-0.15, -0.1) is 0 Å². The minimum Gasteiger partial charge on any atom is -0.459 e. The van der Waals surface area contributed by atoms with Crippen LogP contribution in [0.15, 0.2) is 0 Å². The quantitative estimate of drug-likeness (QED) is 0.353. The van der Waals surface area contributed by atoms with Crippen molar-refractivity contribution in [2.45, 2.75) is 154 Å². The zero-order chi connectivity index (χ0) is 31.7. The smallest absolute Gasteiger partial charge is 0.311 e. The molecule has 4 N–H and O–H groups in total. The number of aliphatic hydroxyl groups is 4. The van der Waals surface area contributed by atoms with Gasteiger partial charge in [0.15, 0.2) is 6.29 Å². The number of hydrogen-bond acceptors (Lipinski definition) is 10. The molecule has 0 aliphatic carbocycles. The normalized spacial score (nSPS) is 49.3. The molecule has 1 unspecified atom stereocenters. The van der Waals surface area contributed by atoms with E-state index in [-0.39, 0.29) is 37.9 Å². The van der Waals surface area contributed by atoms with Crippen molar-refractivity contribution in [3.05, 3.63) is 0 Å². The first-order chi connectivity index (χ1) is 18.7. The molecule has 10 nitrogen and oxygen atoms in total. The molecular formula is C31H56O10.